The SMILES string of the molecule is CC.C[C@H]1CC[C@@H](C(=O)NCc2cc(-c3cnc(C(F)(F)F)cn3)ncn2)N1S(=O)(=O)c1ccc(F)cc1. The number of carbonyl (C=O) groups excluding carboxylic acids is 1. The van der Waals surface area contributed by atoms with E-state index in [2.05, 4.69) is 25.3 Å². The molecular formula is C24H26F4N6O3S. The van der Waals surface area contributed by atoms with Crippen molar-refractivity contribution in [3.8, 4) is 11.4 Å². The summed E-state index contributed by atoms with van der Waals surface area (Å²) in [6.07, 6.45) is -1.17. The fraction of sp³-hybridized carbons (Fsp3) is 0.375. The topological polar surface area (TPSA) is 118 Å². The van der Waals surface area contributed by atoms with E-state index in [4.69, 9.17) is 0 Å². The summed E-state index contributed by atoms with van der Waals surface area (Å²) in [5, 5.41) is 2.65. The summed E-state index contributed by atoms with van der Waals surface area (Å²) < 4.78 is 78.8. The highest BCUT2D eigenvalue weighted by atomic mass is 32.2. The first-order chi connectivity index (χ1) is 18.0. The third-order valence-electron chi connectivity index (χ3n) is 5.66. The first kappa shape index (κ1) is 29.0. The summed E-state index contributed by atoms with van der Waals surface area (Å²) in [7, 11) is -4.05. The van der Waals surface area contributed by atoms with Gasteiger partial charge in [0.15, 0.2) is 5.69 Å². The van der Waals surface area contributed by atoms with E-state index in [1.165, 1.54) is 12.4 Å². The van der Waals surface area contributed by atoms with Crippen molar-refractivity contribution < 1.29 is 30.8 Å². The number of halogens is 4. The molecule has 38 heavy (non-hydrogen) atoms. The van der Waals surface area contributed by atoms with E-state index in [1.807, 2.05) is 13.8 Å². The molecule has 4 rings (SSSR count). The highest BCUT2D eigenvalue weighted by Gasteiger charge is 2.43. The van der Waals surface area contributed by atoms with Gasteiger partial charge in [0.2, 0.25) is 15.9 Å². The van der Waals surface area contributed by atoms with Crippen LogP contribution in [-0.2, 0) is 27.5 Å². The Hall–Kier alpha value is -3.52. The monoisotopic (exact) mass is 554 g/mol. The molecule has 14 heteroatoms. The Morgan fingerprint density at radius 3 is 2.32 bits per heavy atom. The van der Waals surface area contributed by atoms with Crippen molar-refractivity contribution in [2.75, 3.05) is 0 Å². The molecule has 1 aromatic carbocycles. The van der Waals surface area contributed by atoms with Crippen molar-refractivity contribution >= 4 is 15.9 Å². The highest BCUT2D eigenvalue weighted by molar-refractivity contribution is 7.89. The van der Waals surface area contributed by atoms with Crippen LogP contribution in [0.3, 0.4) is 0 Å². The van der Waals surface area contributed by atoms with Crippen LogP contribution >= 0.6 is 0 Å². The zero-order chi connectivity index (χ0) is 28.1. The van der Waals surface area contributed by atoms with Gasteiger partial charge in [0.25, 0.3) is 0 Å². The van der Waals surface area contributed by atoms with Crippen molar-refractivity contribution in [1.29, 1.82) is 0 Å². The van der Waals surface area contributed by atoms with Crippen molar-refractivity contribution in [3.05, 3.63) is 66.3 Å². The molecule has 1 N–H and O–H groups in total. The molecule has 3 heterocycles. The minimum Gasteiger partial charge on any atom is -0.349 e. The second kappa shape index (κ2) is 11.9. The number of hydrogen-bond acceptors (Lipinski definition) is 7. The molecule has 204 valence electrons. The predicted octanol–water partition coefficient (Wildman–Crippen LogP) is 3.98. The average Bonchev–Trinajstić information content (AvgIpc) is 3.31. The van der Waals surface area contributed by atoms with Gasteiger partial charge in [0, 0.05) is 6.04 Å². The maximum Gasteiger partial charge on any atom is 0.434 e. The van der Waals surface area contributed by atoms with Gasteiger partial charge in [0.1, 0.15) is 23.9 Å². The molecule has 0 saturated carbocycles. The van der Waals surface area contributed by atoms with Crippen LogP contribution in [0.25, 0.3) is 11.4 Å². The molecule has 0 bridgehead atoms. The minimum atomic E-state index is -4.62. The second-order valence-electron chi connectivity index (χ2n) is 8.13. The number of carbonyl (C=O) groups is 1. The summed E-state index contributed by atoms with van der Waals surface area (Å²) in [5.41, 5.74) is -0.530. The molecule has 1 aliphatic rings. The molecule has 0 radical (unpaired) electrons. The molecule has 1 aliphatic heterocycles. The smallest absolute Gasteiger partial charge is 0.349 e. The predicted molar refractivity (Wildman–Crippen MR) is 129 cm³/mol. The van der Waals surface area contributed by atoms with Crippen molar-refractivity contribution in [1.82, 2.24) is 29.6 Å². The van der Waals surface area contributed by atoms with Crippen LogP contribution in [0.1, 0.15) is 45.0 Å². The maximum absolute atomic E-state index is 13.3. The number of nitrogens with one attached hydrogen (secondary N) is 1. The normalized spacial score (nSPS) is 18.0. The minimum absolute atomic E-state index is 0.0826. The number of alkyl halides is 3. The average molecular weight is 555 g/mol. The highest BCUT2D eigenvalue weighted by Crippen LogP contribution is 2.31. The fourth-order valence-corrected chi connectivity index (χ4v) is 5.72. The molecule has 1 amide bonds. The zero-order valence-corrected chi connectivity index (χ0v) is 21.6. The molecule has 2 atom stereocenters. The van der Waals surface area contributed by atoms with Crippen molar-refractivity contribution in [2.45, 2.75) is 63.3 Å². The summed E-state index contributed by atoms with van der Waals surface area (Å²) in [6.45, 7) is 5.61. The van der Waals surface area contributed by atoms with Gasteiger partial charge >= 0.3 is 6.18 Å². The first-order valence-corrected chi connectivity index (χ1v) is 13.2. The van der Waals surface area contributed by atoms with Gasteiger partial charge in [0.05, 0.1) is 35.2 Å². The lowest BCUT2D eigenvalue weighted by Gasteiger charge is -2.27. The fourth-order valence-electron chi connectivity index (χ4n) is 3.88. The molecule has 3 aromatic rings. The van der Waals surface area contributed by atoms with Crippen LogP contribution < -0.4 is 5.32 Å². The van der Waals surface area contributed by atoms with E-state index in [0.29, 0.717) is 24.7 Å². The molecule has 1 fully saturated rings. The second-order valence-corrected chi connectivity index (χ2v) is 9.97. The first-order valence-electron chi connectivity index (χ1n) is 11.7. The van der Waals surface area contributed by atoms with Gasteiger partial charge in [-0.3, -0.25) is 9.78 Å². The van der Waals surface area contributed by atoms with Gasteiger partial charge in [-0.15, -0.1) is 0 Å². The molecule has 1 saturated heterocycles. The molecule has 0 unspecified atom stereocenters. The van der Waals surface area contributed by atoms with Crippen LogP contribution in [-0.4, -0.2) is 50.6 Å². The van der Waals surface area contributed by atoms with Gasteiger partial charge in [-0.2, -0.15) is 17.5 Å². The van der Waals surface area contributed by atoms with E-state index >= 15 is 0 Å². The number of aromatic nitrogens is 4. The summed E-state index contributed by atoms with van der Waals surface area (Å²) in [6, 6.07) is 4.39. The Morgan fingerprint density at radius 2 is 1.71 bits per heavy atom. The Balaban J connectivity index is 0.00000195. The molecule has 9 nitrogen and oxygen atoms in total. The summed E-state index contributed by atoms with van der Waals surface area (Å²) in [4.78, 5) is 27.9. The number of benzene rings is 1. The third-order valence-corrected chi connectivity index (χ3v) is 7.70. The van der Waals surface area contributed by atoms with E-state index in [-0.39, 0.29) is 22.8 Å². The van der Waals surface area contributed by atoms with Gasteiger partial charge in [-0.1, -0.05) is 13.8 Å². The molecule has 2 aromatic heterocycles. The molecule has 0 spiro atoms. The molecule has 0 aliphatic carbocycles. The van der Waals surface area contributed by atoms with Crippen LogP contribution in [0.4, 0.5) is 17.6 Å². The largest absolute Gasteiger partial charge is 0.434 e. The Kier molecular flexibility index (Phi) is 9.09. The van der Waals surface area contributed by atoms with Crippen molar-refractivity contribution in [3.63, 3.8) is 0 Å². The quantitative estimate of drug-likeness (QED) is 0.458. The van der Waals surface area contributed by atoms with E-state index in [1.54, 1.807) is 6.92 Å². The standard InChI is InChI=1S/C22H20F4N6O3S.C2H6/c1-13-2-7-19(32(13)36(34,35)16-5-3-14(23)4-6-16)21(33)29-9-15-8-17(31-12-30-15)18-10-28-20(11-27-18)22(24,25)26;1-2/h3-6,8,10-13,19H,2,7,9H2,1H3,(H,29,33);1-2H3/t13-,19-;/m0./s1. The zero-order valence-electron chi connectivity index (χ0n) is 20.8. The molecular weight excluding hydrogens is 528 g/mol. The summed E-state index contributed by atoms with van der Waals surface area (Å²) in [5.74, 6) is -1.12. The number of rotatable bonds is 6. The summed E-state index contributed by atoms with van der Waals surface area (Å²) >= 11 is 0. The van der Waals surface area contributed by atoms with Crippen LogP contribution in [0, 0.1) is 5.82 Å². The van der Waals surface area contributed by atoms with Crippen LogP contribution in [0.15, 0.2) is 53.9 Å². The lowest BCUT2D eigenvalue weighted by atomic mass is 10.2. The number of nitrogens with zero attached hydrogens (tertiary/aromatic N) is 5. The van der Waals surface area contributed by atoms with E-state index in [9.17, 15) is 30.8 Å². The Morgan fingerprint density at radius 1 is 1.03 bits per heavy atom. The van der Waals surface area contributed by atoms with Gasteiger partial charge in [-0.25, -0.2) is 27.8 Å². The lowest BCUT2D eigenvalue weighted by Crippen LogP contribution is -2.48. The van der Waals surface area contributed by atoms with E-state index < -0.39 is 45.7 Å². The van der Waals surface area contributed by atoms with E-state index in [0.717, 1.165) is 34.8 Å². The number of hydrogen-bond donors (Lipinski definition) is 1. The van der Waals surface area contributed by atoms with Crippen LogP contribution in [0.2, 0.25) is 0 Å². The number of amides is 1. The Labute approximate surface area is 217 Å². The third kappa shape index (κ3) is 6.48. The Bertz CT molecular complexity index is 1350. The van der Waals surface area contributed by atoms with Crippen molar-refractivity contribution in [2.24, 2.45) is 0 Å². The van der Waals surface area contributed by atoms with Gasteiger partial charge in [-0.05, 0) is 50.1 Å². The number of sulfonamides is 1. The van der Waals surface area contributed by atoms with Crippen LogP contribution in [0.5, 0.6) is 0 Å². The maximum atomic E-state index is 13.3. The lowest BCUT2D eigenvalue weighted by molar-refractivity contribution is -0.141. The van der Waals surface area contributed by atoms with Gasteiger partial charge < -0.3 is 5.32 Å².